The predicted molar refractivity (Wildman–Crippen MR) is 108 cm³/mol. The SMILES string of the molecule is Cc1cc(C)nc(C2C3=C(CNC3)C(O)N2C(=O)c2cccc3cccnc23)n1. The summed E-state index contributed by atoms with van der Waals surface area (Å²) in [7, 11) is 0. The number of para-hydroxylation sites is 1. The summed E-state index contributed by atoms with van der Waals surface area (Å²) in [6.07, 6.45) is 0.660. The molecule has 3 aromatic rings. The Morgan fingerprint density at radius 2 is 1.83 bits per heavy atom. The molecule has 2 aromatic heterocycles. The van der Waals surface area contributed by atoms with E-state index in [9.17, 15) is 9.90 Å². The molecule has 2 aliphatic heterocycles. The van der Waals surface area contributed by atoms with Gasteiger partial charge >= 0.3 is 0 Å². The van der Waals surface area contributed by atoms with Gasteiger partial charge in [-0.05, 0) is 43.2 Å². The summed E-state index contributed by atoms with van der Waals surface area (Å²) in [5.74, 6) is 0.265. The zero-order chi connectivity index (χ0) is 20.1. The van der Waals surface area contributed by atoms with Crippen molar-refractivity contribution in [2.24, 2.45) is 0 Å². The van der Waals surface area contributed by atoms with Gasteiger partial charge < -0.3 is 10.4 Å². The number of carbonyl (C=O) groups is 1. The summed E-state index contributed by atoms with van der Waals surface area (Å²) in [6, 6.07) is 10.7. The predicted octanol–water partition coefficient (Wildman–Crippen LogP) is 2.06. The van der Waals surface area contributed by atoms with E-state index in [0.29, 0.717) is 30.0 Å². The molecule has 146 valence electrons. The van der Waals surface area contributed by atoms with E-state index < -0.39 is 12.3 Å². The van der Waals surface area contributed by atoms with Crippen molar-refractivity contribution < 1.29 is 9.90 Å². The number of nitrogens with one attached hydrogen (secondary N) is 1. The van der Waals surface area contributed by atoms with Crippen molar-refractivity contribution in [3.05, 3.63) is 76.5 Å². The van der Waals surface area contributed by atoms with Crippen molar-refractivity contribution in [3.8, 4) is 0 Å². The first kappa shape index (κ1) is 17.9. The fraction of sp³-hybridized carbons (Fsp3) is 0.273. The third-order valence-corrected chi connectivity index (χ3v) is 5.57. The molecule has 2 aliphatic rings. The number of aryl methyl sites for hydroxylation is 2. The highest BCUT2D eigenvalue weighted by molar-refractivity contribution is 6.06. The minimum Gasteiger partial charge on any atom is -0.369 e. The van der Waals surface area contributed by atoms with Gasteiger partial charge in [-0.2, -0.15) is 0 Å². The zero-order valence-corrected chi connectivity index (χ0v) is 16.3. The Bertz CT molecular complexity index is 1150. The van der Waals surface area contributed by atoms with Crippen LogP contribution < -0.4 is 5.32 Å². The van der Waals surface area contributed by atoms with E-state index in [4.69, 9.17) is 0 Å². The van der Waals surface area contributed by atoms with Crippen LogP contribution >= 0.6 is 0 Å². The number of hydrogen-bond donors (Lipinski definition) is 2. The molecule has 29 heavy (non-hydrogen) atoms. The average molecular weight is 387 g/mol. The van der Waals surface area contributed by atoms with Gasteiger partial charge in [0.05, 0.1) is 11.1 Å². The van der Waals surface area contributed by atoms with Crippen molar-refractivity contribution in [2.75, 3.05) is 13.1 Å². The van der Waals surface area contributed by atoms with Gasteiger partial charge in [-0.3, -0.25) is 14.7 Å². The number of rotatable bonds is 2. The van der Waals surface area contributed by atoms with E-state index >= 15 is 0 Å². The largest absolute Gasteiger partial charge is 0.369 e. The zero-order valence-electron chi connectivity index (χ0n) is 16.3. The highest BCUT2D eigenvalue weighted by Crippen LogP contribution is 2.41. The molecule has 2 N–H and O–H groups in total. The van der Waals surface area contributed by atoms with Gasteiger partial charge in [0.1, 0.15) is 6.04 Å². The first-order chi connectivity index (χ1) is 14.0. The molecule has 7 heteroatoms. The van der Waals surface area contributed by atoms with Gasteiger partial charge in [-0.25, -0.2) is 9.97 Å². The fourth-order valence-electron chi connectivity index (χ4n) is 4.37. The molecule has 5 rings (SSSR count). The fourth-order valence-corrected chi connectivity index (χ4v) is 4.37. The summed E-state index contributed by atoms with van der Waals surface area (Å²) in [5.41, 5.74) is 4.56. The van der Waals surface area contributed by atoms with Crippen molar-refractivity contribution in [1.82, 2.24) is 25.2 Å². The van der Waals surface area contributed by atoms with Crippen LogP contribution in [0.2, 0.25) is 0 Å². The molecule has 0 saturated carbocycles. The summed E-state index contributed by atoms with van der Waals surface area (Å²) < 4.78 is 0. The average Bonchev–Trinajstić information content (AvgIpc) is 3.28. The minimum absolute atomic E-state index is 0.274. The lowest BCUT2D eigenvalue weighted by Gasteiger charge is -2.30. The molecule has 2 unspecified atom stereocenters. The maximum atomic E-state index is 13.7. The lowest BCUT2D eigenvalue weighted by atomic mass is 10.0. The van der Waals surface area contributed by atoms with Crippen LogP contribution in [0.25, 0.3) is 10.9 Å². The maximum Gasteiger partial charge on any atom is 0.259 e. The molecule has 4 heterocycles. The molecule has 2 atom stereocenters. The van der Waals surface area contributed by atoms with Crippen LogP contribution in [-0.2, 0) is 0 Å². The van der Waals surface area contributed by atoms with Crippen molar-refractivity contribution in [1.29, 1.82) is 0 Å². The van der Waals surface area contributed by atoms with E-state index in [1.807, 2.05) is 44.2 Å². The van der Waals surface area contributed by atoms with Crippen molar-refractivity contribution in [3.63, 3.8) is 0 Å². The summed E-state index contributed by atoms with van der Waals surface area (Å²) in [6.45, 7) is 4.97. The van der Waals surface area contributed by atoms with Gasteiger partial charge in [0.15, 0.2) is 12.1 Å². The number of aromatic nitrogens is 3. The van der Waals surface area contributed by atoms with Gasteiger partial charge in [0.25, 0.3) is 5.91 Å². The van der Waals surface area contributed by atoms with Gasteiger partial charge in [0.2, 0.25) is 0 Å². The van der Waals surface area contributed by atoms with Crippen molar-refractivity contribution in [2.45, 2.75) is 26.1 Å². The Labute approximate surface area is 168 Å². The lowest BCUT2D eigenvalue weighted by Crippen LogP contribution is -2.42. The summed E-state index contributed by atoms with van der Waals surface area (Å²) in [5, 5.41) is 15.2. The topological polar surface area (TPSA) is 91.2 Å². The monoisotopic (exact) mass is 387 g/mol. The molecular formula is C22H21N5O2. The van der Waals surface area contributed by atoms with Crippen LogP contribution in [-0.4, -0.2) is 50.2 Å². The Kier molecular flexibility index (Phi) is 4.15. The summed E-state index contributed by atoms with van der Waals surface area (Å²) >= 11 is 0. The molecule has 7 nitrogen and oxygen atoms in total. The molecule has 1 amide bonds. The first-order valence-electron chi connectivity index (χ1n) is 9.64. The number of amides is 1. The quantitative estimate of drug-likeness (QED) is 0.654. The number of fused-ring (bicyclic) bond motifs is 1. The Balaban J connectivity index is 1.65. The molecule has 0 spiro atoms. The highest BCUT2D eigenvalue weighted by atomic mass is 16.3. The van der Waals surface area contributed by atoms with E-state index in [1.165, 1.54) is 4.90 Å². The smallest absolute Gasteiger partial charge is 0.259 e. The molecule has 1 aromatic carbocycles. The maximum absolute atomic E-state index is 13.7. The second kappa shape index (κ2) is 6.72. The minimum atomic E-state index is -1.01. The second-order valence-corrected chi connectivity index (χ2v) is 7.53. The van der Waals surface area contributed by atoms with E-state index in [0.717, 1.165) is 27.9 Å². The van der Waals surface area contributed by atoms with E-state index in [1.54, 1.807) is 12.3 Å². The highest BCUT2D eigenvalue weighted by Gasteiger charge is 2.46. The second-order valence-electron chi connectivity index (χ2n) is 7.53. The first-order valence-corrected chi connectivity index (χ1v) is 9.64. The van der Waals surface area contributed by atoms with Gasteiger partial charge in [0, 0.05) is 36.1 Å². The molecule has 0 saturated heterocycles. The third kappa shape index (κ3) is 2.82. The molecule has 0 bridgehead atoms. The standard InChI is InChI=1S/C22H21N5O2/c1-12-9-13(2)26-20(25-12)19-16-10-23-11-17(16)22(29)27(19)21(28)15-7-3-5-14-6-4-8-24-18(14)15/h3-9,19,22-23,29H,10-11H2,1-2H3. The van der Waals surface area contributed by atoms with Crippen LogP contribution in [0.3, 0.4) is 0 Å². The summed E-state index contributed by atoms with van der Waals surface area (Å²) in [4.78, 5) is 28.8. The normalized spacial score (nSPS) is 21.1. The number of nitrogens with zero attached hydrogens (tertiary/aromatic N) is 4. The van der Waals surface area contributed by atoms with Crippen LogP contribution in [0.1, 0.15) is 33.6 Å². The third-order valence-electron chi connectivity index (χ3n) is 5.57. The Morgan fingerprint density at radius 1 is 1.10 bits per heavy atom. The molecule has 0 aliphatic carbocycles. The Morgan fingerprint density at radius 3 is 2.62 bits per heavy atom. The molecule has 0 radical (unpaired) electrons. The van der Waals surface area contributed by atoms with Gasteiger partial charge in [-0.1, -0.05) is 18.2 Å². The van der Waals surface area contributed by atoms with E-state index in [-0.39, 0.29) is 5.91 Å². The number of benzene rings is 1. The molecular weight excluding hydrogens is 366 g/mol. The number of carbonyl (C=O) groups excluding carboxylic acids is 1. The van der Waals surface area contributed by atoms with Crippen LogP contribution in [0.15, 0.2) is 53.7 Å². The van der Waals surface area contributed by atoms with Gasteiger partial charge in [-0.15, -0.1) is 0 Å². The Hall–Kier alpha value is -3.16. The number of pyridine rings is 1. The molecule has 0 fully saturated rings. The van der Waals surface area contributed by atoms with Crippen LogP contribution in [0, 0.1) is 13.8 Å². The number of aliphatic hydroxyl groups excluding tert-OH is 1. The van der Waals surface area contributed by atoms with Crippen LogP contribution in [0.4, 0.5) is 0 Å². The lowest BCUT2D eigenvalue weighted by molar-refractivity contribution is 0.0206. The number of aliphatic hydroxyl groups is 1. The van der Waals surface area contributed by atoms with E-state index in [2.05, 4.69) is 20.3 Å². The number of hydrogen-bond acceptors (Lipinski definition) is 6. The van der Waals surface area contributed by atoms with Crippen LogP contribution in [0.5, 0.6) is 0 Å². The van der Waals surface area contributed by atoms with Crippen molar-refractivity contribution >= 4 is 16.8 Å².